The molecule has 0 spiro atoms. The van der Waals surface area contributed by atoms with Crippen molar-refractivity contribution in [2.75, 3.05) is 0 Å². The molecule has 0 aliphatic rings. The van der Waals surface area contributed by atoms with Crippen molar-refractivity contribution in [3.8, 4) is 5.75 Å². The first-order chi connectivity index (χ1) is 12.0. The molecular formula is C18H15N3O4. The van der Waals surface area contributed by atoms with E-state index in [1.807, 2.05) is 0 Å². The van der Waals surface area contributed by atoms with Crippen molar-refractivity contribution in [3.05, 3.63) is 76.1 Å². The first kappa shape index (κ1) is 16.4. The zero-order chi connectivity index (χ0) is 17.8. The zero-order valence-corrected chi connectivity index (χ0v) is 13.2. The van der Waals surface area contributed by atoms with Gasteiger partial charge in [0.25, 0.3) is 5.69 Å². The molecule has 25 heavy (non-hydrogen) atoms. The molecule has 3 aromatic rings. The van der Waals surface area contributed by atoms with E-state index >= 15 is 0 Å². The number of primary amides is 1. The largest absolute Gasteiger partial charge is 0.488 e. The third kappa shape index (κ3) is 3.72. The fourth-order valence-corrected chi connectivity index (χ4v) is 2.59. The van der Waals surface area contributed by atoms with Crippen LogP contribution in [0.3, 0.4) is 0 Å². The number of rotatable bonds is 6. The summed E-state index contributed by atoms with van der Waals surface area (Å²) < 4.78 is 5.83. The lowest BCUT2D eigenvalue weighted by molar-refractivity contribution is -0.383. The van der Waals surface area contributed by atoms with Gasteiger partial charge in [-0.1, -0.05) is 18.2 Å². The number of hydrogen-bond donors (Lipinski definition) is 1. The summed E-state index contributed by atoms with van der Waals surface area (Å²) in [5, 5.41) is 12.3. The molecule has 0 bridgehead atoms. The molecule has 0 saturated carbocycles. The maximum atomic E-state index is 11.2. The number of benzene rings is 2. The van der Waals surface area contributed by atoms with Gasteiger partial charge in [-0.15, -0.1) is 0 Å². The topological polar surface area (TPSA) is 108 Å². The quantitative estimate of drug-likeness (QED) is 0.549. The molecule has 2 aromatic carbocycles. The van der Waals surface area contributed by atoms with Gasteiger partial charge in [0.2, 0.25) is 5.91 Å². The molecule has 0 fully saturated rings. The third-order valence-electron chi connectivity index (χ3n) is 3.69. The molecule has 0 aliphatic carbocycles. The molecule has 126 valence electrons. The lowest BCUT2D eigenvalue weighted by Gasteiger charge is -2.10. The predicted octanol–water partition coefficient (Wildman–Crippen LogP) is 2.75. The van der Waals surface area contributed by atoms with Crippen LogP contribution in [-0.2, 0) is 17.8 Å². The van der Waals surface area contributed by atoms with Gasteiger partial charge in [0.15, 0.2) is 0 Å². The summed E-state index contributed by atoms with van der Waals surface area (Å²) in [5.74, 6) is 0.0985. The van der Waals surface area contributed by atoms with Gasteiger partial charge in [0, 0.05) is 17.6 Å². The smallest absolute Gasteiger partial charge is 0.277 e. The molecular weight excluding hydrogens is 322 g/mol. The number of nitro benzene ring substituents is 1. The first-order valence-corrected chi connectivity index (χ1v) is 7.55. The van der Waals surface area contributed by atoms with Crippen LogP contribution in [0.5, 0.6) is 5.75 Å². The lowest BCUT2D eigenvalue weighted by atomic mass is 10.1. The van der Waals surface area contributed by atoms with Crippen molar-refractivity contribution in [2.24, 2.45) is 5.73 Å². The van der Waals surface area contributed by atoms with Crippen LogP contribution in [0.25, 0.3) is 10.8 Å². The molecule has 0 atom stereocenters. The number of nitrogens with two attached hydrogens (primary N) is 1. The second-order valence-electron chi connectivity index (χ2n) is 5.47. The maximum absolute atomic E-state index is 11.2. The molecule has 7 nitrogen and oxygen atoms in total. The van der Waals surface area contributed by atoms with E-state index in [0.717, 1.165) is 5.56 Å². The second-order valence-corrected chi connectivity index (χ2v) is 5.47. The standard InChI is InChI=1S/C18H15N3O4/c19-18(22)10-13-9-12(7-8-20-13)11-25-17-6-5-16(21(23)24)14-3-1-2-4-15(14)17/h1-9H,10-11H2,(H2,19,22). The number of nitrogens with zero attached hydrogens (tertiary/aromatic N) is 2. The van der Waals surface area contributed by atoms with Gasteiger partial charge in [-0.3, -0.25) is 19.9 Å². The van der Waals surface area contributed by atoms with Crippen LogP contribution in [0.4, 0.5) is 5.69 Å². The number of carbonyl (C=O) groups excluding carboxylic acids is 1. The number of fused-ring (bicyclic) bond motifs is 1. The van der Waals surface area contributed by atoms with Crippen molar-refractivity contribution in [2.45, 2.75) is 13.0 Å². The number of pyridine rings is 1. The molecule has 0 unspecified atom stereocenters. The van der Waals surface area contributed by atoms with Crippen molar-refractivity contribution >= 4 is 22.4 Å². The Bertz CT molecular complexity index is 956. The molecule has 0 radical (unpaired) electrons. The highest BCUT2D eigenvalue weighted by Gasteiger charge is 2.14. The molecule has 0 saturated heterocycles. The minimum Gasteiger partial charge on any atom is -0.488 e. The molecule has 1 aromatic heterocycles. The highest BCUT2D eigenvalue weighted by Crippen LogP contribution is 2.33. The first-order valence-electron chi connectivity index (χ1n) is 7.55. The molecule has 7 heteroatoms. The summed E-state index contributed by atoms with van der Waals surface area (Å²) in [4.78, 5) is 25.8. The number of hydrogen-bond acceptors (Lipinski definition) is 5. The van der Waals surface area contributed by atoms with E-state index in [0.29, 0.717) is 22.2 Å². The van der Waals surface area contributed by atoms with Gasteiger partial charge < -0.3 is 10.5 Å². The van der Waals surface area contributed by atoms with Crippen molar-refractivity contribution in [3.63, 3.8) is 0 Å². The highest BCUT2D eigenvalue weighted by atomic mass is 16.6. The fourth-order valence-electron chi connectivity index (χ4n) is 2.59. The zero-order valence-electron chi connectivity index (χ0n) is 13.2. The summed E-state index contributed by atoms with van der Waals surface area (Å²) >= 11 is 0. The van der Waals surface area contributed by atoms with Crippen molar-refractivity contribution in [1.29, 1.82) is 0 Å². The number of ether oxygens (including phenoxy) is 1. The Balaban J connectivity index is 1.86. The normalized spacial score (nSPS) is 10.6. The Morgan fingerprint density at radius 2 is 1.92 bits per heavy atom. The number of carbonyl (C=O) groups is 1. The van der Waals surface area contributed by atoms with Crippen LogP contribution in [0.1, 0.15) is 11.3 Å². The van der Waals surface area contributed by atoms with Gasteiger partial charge in [-0.25, -0.2) is 0 Å². The minimum atomic E-state index is -0.452. The molecule has 1 amide bonds. The van der Waals surface area contributed by atoms with Crippen molar-refractivity contribution < 1.29 is 14.5 Å². The molecule has 2 N–H and O–H groups in total. The monoisotopic (exact) mass is 337 g/mol. The van der Waals surface area contributed by atoms with E-state index in [9.17, 15) is 14.9 Å². The Kier molecular flexibility index (Phi) is 4.56. The number of non-ortho nitro benzene ring substituents is 1. The summed E-state index contributed by atoms with van der Waals surface area (Å²) in [6, 6.07) is 13.6. The van der Waals surface area contributed by atoms with E-state index in [4.69, 9.17) is 10.5 Å². The second kappa shape index (κ2) is 6.96. The Labute approximate surface area is 143 Å². The van der Waals surface area contributed by atoms with Gasteiger partial charge in [0.05, 0.1) is 22.4 Å². The predicted molar refractivity (Wildman–Crippen MR) is 92.1 cm³/mol. The van der Waals surface area contributed by atoms with E-state index in [-0.39, 0.29) is 18.7 Å². The van der Waals surface area contributed by atoms with Crippen LogP contribution in [-0.4, -0.2) is 15.8 Å². The summed E-state index contributed by atoms with van der Waals surface area (Å²) in [6.07, 6.45) is 1.65. The average Bonchev–Trinajstić information content (AvgIpc) is 2.59. The SMILES string of the molecule is NC(=O)Cc1cc(COc2ccc([N+](=O)[O-])c3ccccc23)ccn1. The Hall–Kier alpha value is -3.48. The van der Waals surface area contributed by atoms with Crippen LogP contribution < -0.4 is 10.5 Å². The van der Waals surface area contributed by atoms with E-state index in [1.54, 1.807) is 48.7 Å². The minimum absolute atomic E-state index is 0.0376. The molecule has 3 rings (SSSR count). The Morgan fingerprint density at radius 1 is 1.16 bits per heavy atom. The fraction of sp³-hybridized carbons (Fsp3) is 0.111. The van der Waals surface area contributed by atoms with Crippen LogP contribution in [0, 0.1) is 10.1 Å². The number of nitro groups is 1. The van der Waals surface area contributed by atoms with Crippen LogP contribution in [0.2, 0.25) is 0 Å². The number of amides is 1. The summed E-state index contributed by atoms with van der Waals surface area (Å²) in [6.45, 7) is 0.246. The van der Waals surface area contributed by atoms with Gasteiger partial charge in [-0.2, -0.15) is 0 Å². The third-order valence-corrected chi connectivity index (χ3v) is 3.69. The van der Waals surface area contributed by atoms with Gasteiger partial charge >= 0.3 is 0 Å². The summed E-state index contributed by atoms with van der Waals surface area (Å²) in [7, 11) is 0. The van der Waals surface area contributed by atoms with Gasteiger partial charge in [0.1, 0.15) is 12.4 Å². The molecule has 0 aliphatic heterocycles. The van der Waals surface area contributed by atoms with Crippen molar-refractivity contribution in [1.82, 2.24) is 4.98 Å². The van der Waals surface area contributed by atoms with Gasteiger partial charge in [-0.05, 0) is 29.8 Å². The average molecular weight is 337 g/mol. The van der Waals surface area contributed by atoms with Crippen LogP contribution in [0.15, 0.2) is 54.7 Å². The maximum Gasteiger partial charge on any atom is 0.277 e. The lowest BCUT2D eigenvalue weighted by Crippen LogP contribution is -2.14. The van der Waals surface area contributed by atoms with E-state index < -0.39 is 10.8 Å². The Morgan fingerprint density at radius 3 is 2.64 bits per heavy atom. The van der Waals surface area contributed by atoms with Crippen LogP contribution >= 0.6 is 0 Å². The number of aromatic nitrogens is 1. The molecule has 1 heterocycles. The van der Waals surface area contributed by atoms with E-state index in [2.05, 4.69) is 4.98 Å². The highest BCUT2D eigenvalue weighted by molar-refractivity contribution is 5.95. The van der Waals surface area contributed by atoms with E-state index in [1.165, 1.54) is 6.07 Å². The summed E-state index contributed by atoms with van der Waals surface area (Å²) in [5.41, 5.74) is 6.61.